The largest absolute Gasteiger partial charge is 2.00 e. The molecule has 0 amide bonds. The van der Waals surface area contributed by atoms with Crippen molar-refractivity contribution in [1.82, 2.24) is 0 Å². The van der Waals surface area contributed by atoms with Gasteiger partial charge in [0.2, 0.25) is 0 Å². The quantitative estimate of drug-likeness (QED) is 0.488. The van der Waals surface area contributed by atoms with Gasteiger partial charge >= 0.3 is 17.1 Å². The van der Waals surface area contributed by atoms with Crippen LogP contribution in [0, 0.1) is 63.2 Å². The minimum atomic E-state index is -0.109. The molecule has 0 saturated heterocycles. The number of carbonyl (C=O) groups is 2. The summed E-state index contributed by atoms with van der Waals surface area (Å²) in [5.41, 5.74) is 0.604. The first-order valence-corrected chi connectivity index (χ1v) is 6.30. The summed E-state index contributed by atoms with van der Waals surface area (Å²) in [4.78, 5) is 22.6. The minimum Gasteiger partial charge on any atom is -0.303 e. The Balaban J connectivity index is 0.000000313. The monoisotopic (exact) mass is 318 g/mol. The van der Waals surface area contributed by atoms with Gasteiger partial charge in [-0.05, 0) is 51.4 Å². The third-order valence-corrected chi connectivity index (χ3v) is 2.81. The van der Waals surface area contributed by atoms with Gasteiger partial charge in [-0.2, -0.15) is 0 Å². The molecule has 0 aromatic heterocycles. The average Bonchev–Trinajstić information content (AvgIpc) is 3.21. The summed E-state index contributed by atoms with van der Waals surface area (Å²) < 4.78 is 0. The van der Waals surface area contributed by atoms with Crippen molar-refractivity contribution in [3.63, 3.8) is 0 Å². The second-order valence-corrected chi connectivity index (χ2v) is 4.17. The normalized spacial score (nSPS) is 18.5. The van der Waals surface area contributed by atoms with Crippen molar-refractivity contribution in [2.45, 2.75) is 0 Å². The van der Waals surface area contributed by atoms with Crippen molar-refractivity contribution >= 4 is 12.1 Å². The van der Waals surface area contributed by atoms with E-state index < -0.39 is 0 Å². The summed E-state index contributed by atoms with van der Waals surface area (Å²) in [6, 6.07) is 8.93. The SMILES string of the molecule is O=C[C]1[CH][CH][CH][C]1C(=O)c1ccccc1.[CH]1[CH][CH][CH][CH]1.[Fe+2]. The van der Waals surface area contributed by atoms with Crippen molar-refractivity contribution in [2.75, 3.05) is 0 Å². The third-order valence-electron chi connectivity index (χ3n) is 2.81. The van der Waals surface area contributed by atoms with Crippen LogP contribution in [0.5, 0.6) is 0 Å². The molecule has 0 bridgehead atoms. The maximum atomic E-state index is 11.9. The molecule has 3 heteroatoms. The Kier molecular flexibility index (Phi) is 8.56. The van der Waals surface area contributed by atoms with Gasteiger partial charge in [0.05, 0.1) is 11.8 Å². The predicted octanol–water partition coefficient (Wildman–Crippen LogP) is 2.86. The van der Waals surface area contributed by atoms with Crippen molar-refractivity contribution in [2.24, 2.45) is 0 Å². The molecule has 0 heterocycles. The topological polar surface area (TPSA) is 34.1 Å². The fraction of sp³-hybridized carbons (Fsp3) is 0. The van der Waals surface area contributed by atoms with Gasteiger partial charge in [0.1, 0.15) is 6.29 Å². The summed E-state index contributed by atoms with van der Waals surface area (Å²) in [6.07, 6.45) is 15.7. The molecule has 2 aliphatic carbocycles. The van der Waals surface area contributed by atoms with E-state index in [0.29, 0.717) is 23.7 Å². The van der Waals surface area contributed by atoms with E-state index in [2.05, 4.69) is 0 Å². The molecule has 2 aliphatic rings. The number of aldehydes is 1. The van der Waals surface area contributed by atoms with Crippen molar-refractivity contribution in [1.29, 1.82) is 0 Å². The van der Waals surface area contributed by atoms with E-state index in [1.54, 1.807) is 43.5 Å². The van der Waals surface area contributed by atoms with Crippen LogP contribution < -0.4 is 0 Å². The first-order valence-electron chi connectivity index (χ1n) is 6.30. The number of rotatable bonds is 3. The zero-order valence-corrected chi connectivity index (χ0v) is 12.4. The molecule has 0 atom stereocenters. The van der Waals surface area contributed by atoms with Crippen LogP contribution in [0.4, 0.5) is 0 Å². The molecule has 2 nitrogen and oxygen atoms in total. The maximum Gasteiger partial charge on any atom is 2.00 e. The van der Waals surface area contributed by atoms with Crippen LogP contribution in [0.3, 0.4) is 0 Å². The van der Waals surface area contributed by atoms with Crippen LogP contribution in [0.2, 0.25) is 0 Å². The summed E-state index contributed by atoms with van der Waals surface area (Å²) in [7, 11) is 0. The molecule has 10 radical (unpaired) electrons. The number of Topliss-reactive ketones (excluding diaryl/α,β-unsaturated/α-hetero) is 1. The van der Waals surface area contributed by atoms with Crippen molar-refractivity contribution in [3.05, 3.63) is 99.1 Å². The van der Waals surface area contributed by atoms with E-state index in [4.69, 9.17) is 0 Å². The first-order chi connectivity index (χ1) is 9.83. The molecule has 0 N–H and O–H groups in total. The zero-order chi connectivity index (χ0) is 14.2. The van der Waals surface area contributed by atoms with Gasteiger partial charge in [-0.25, -0.2) is 0 Å². The van der Waals surface area contributed by atoms with Crippen LogP contribution >= 0.6 is 0 Å². The number of hydrogen-bond donors (Lipinski definition) is 0. The summed E-state index contributed by atoms with van der Waals surface area (Å²) >= 11 is 0. The standard InChI is InChI=1S/C13H9O2.C5H5.Fe/c14-9-11-7-4-8-12(11)13(15)10-5-2-1-3-6-10;1-2-4-5-3-1;/h1-9H;1-5H;/q;;+2. The van der Waals surface area contributed by atoms with E-state index in [1.807, 2.05) is 38.2 Å². The Morgan fingerprint density at radius 3 is 1.90 bits per heavy atom. The molecule has 2 saturated carbocycles. The van der Waals surface area contributed by atoms with Gasteiger partial charge in [0.25, 0.3) is 0 Å². The summed E-state index contributed by atoms with van der Waals surface area (Å²) in [6.45, 7) is 0. The van der Waals surface area contributed by atoms with Crippen molar-refractivity contribution < 1.29 is 26.7 Å². The first kappa shape index (κ1) is 18.1. The van der Waals surface area contributed by atoms with Gasteiger partial charge in [0, 0.05) is 5.56 Å². The van der Waals surface area contributed by atoms with Crippen LogP contribution in [0.15, 0.2) is 30.3 Å². The van der Waals surface area contributed by atoms with E-state index in [0.717, 1.165) is 0 Å². The summed E-state index contributed by atoms with van der Waals surface area (Å²) in [5, 5.41) is 0. The molecule has 2 fully saturated rings. The fourth-order valence-corrected chi connectivity index (χ4v) is 1.81. The molecular weight excluding hydrogens is 304 g/mol. The molecular formula is C18H14FeO2+2. The minimum absolute atomic E-state index is 0. The van der Waals surface area contributed by atoms with Gasteiger partial charge in [0.15, 0.2) is 5.78 Å². The second-order valence-electron chi connectivity index (χ2n) is 4.17. The molecule has 1 aromatic rings. The van der Waals surface area contributed by atoms with Gasteiger partial charge in [-0.1, -0.05) is 30.3 Å². The van der Waals surface area contributed by atoms with E-state index >= 15 is 0 Å². The van der Waals surface area contributed by atoms with Crippen LogP contribution in [-0.4, -0.2) is 12.1 Å². The number of benzene rings is 1. The average molecular weight is 318 g/mol. The van der Waals surface area contributed by atoms with E-state index in [9.17, 15) is 9.59 Å². The number of carbonyl (C=O) groups excluding carboxylic acids is 2. The third kappa shape index (κ3) is 5.41. The fourth-order valence-electron chi connectivity index (χ4n) is 1.81. The van der Waals surface area contributed by atoms with E-state index in [-0.39, 0.29) is 22.9 Å². The van der Waals surface area contributed by atoms with Gasteiger partial charge < -0.3 is 4.79 Å². The Bertz CT molecular complexity index is 418. The molecule has 3 rings (SSSR count). The molecule has 0 spiro atoms. The van der Waals surface area contributed by atoms with Gasteiger partial charge in [-0.3, -0.25) is 4.79 Å². The Labute approximate surface area is 138 Å². The molecule has 1 aromatic carbocycles. The summed E-state index contributed by atoms with van der Waals surface area (Å²) in [5.74, 6) is 0.808. The molecule has 21 heavy (non-hydrogen) atoms. The molecule has 0 aliphatic heterocycles. The predicted molar refractivity (Wildman–Crippen MR) is 77.7 cm³/mol. The molecule has 0 unspecified atom stereocenters. The molecule has 104 valence electrons. The van der Waals surface area contributed by atoms with Crippen LogP contribution in [0.25, 0.3) is 0 Å². The zero-order valence-electron chi connectivity index (χ0n) is 11.3. The Morgan fingerprint density at radius 2 is 1.38 bits per heavy atom. The van der Waals surface area contributed by atoms with Crippen LogP contribution in [-0.2, 0) is 21.9 Å². The van der Waals surface area contributed by atoms with E-state index in [1.165, 1.54) is 0 Å². The number of ketones is 1. The van der Waals surface area contributed by atoms with Gasteiger partial charge in [-0.15, -0.1) is 0 Å². The van der Waals surface area contributed by atoms with Crippen molar-refractivity contribution in [3.8, 4) is 0 Å². The number of hydrogen-bond acceptors (Lipinski definition) is 2. The van der Waals surface area contributed by atoms with Crippen LogP contribution in [0.1, 0.15) is 10.4 Å². The maximum absolute atomic E-state index is 11.9. The smallest absolute Gasteiger partial charge is 0.303 e. The Morgan fingerprint density at radius 1 is 0.810 bits per heavy atom. The second kappa shape index (κ2) is 9.92. The Hall–Kier alpha value is -0.921.